The van der Waals surface area contributed by atoms with Crippen LogP contribution in [0.1, 0.15) is 134 Å². The third-order valence-corrected chi connectivity index (χ3v) is 23.3. The largest absolute Gasteiger partial charge is 0.548 e. The number of piperidine rings is 1. The van der Waals surface area contributed by atoms with Crippen molar-refractivity contribution in [3.05, 3.63) is 192 Å². The zero-order chi connectivity index (χ0) is 87.6. The number of halogens is 2. The molecule has 4 aromatic carbocycles. The second-order valence-corrected chi connectivity index (χ2v) is 33.2. The Morgan fingerprint density at radius 1 is 0.736 bits per heavy atom. The molecule has 2 amide bonds. The minimum atomic E-state index is -1.53. The molecule has 0 saturated carbocycles. The lowest BCUT2D eigenvalue weighted by molar-refractivity contribution is -0.310. The maximum atomic E-state index is 13.1. The van der Waals surface area contributed by atoms with E-state index in [9.17, 15) is 98.1 Å². The number of thiophene rings is 1. The number of carboxylic acid groups (broad SMARTS) is 7. The van der Waals surface area contributed by atoms with E-state index in [0.29, 0.717) is 123 Å². The van der Waals surface area contributed by atoms with Crippen LogP contribution in [-0.4, -0.2) is 154 Å². The van der Waals surface area contributed by atoms with Crippen molar-refractivity contribution in [1.82, 2.24) is 23.5 Å². The minimum Gasteiger partial charge on any atom is -0.548 e. The van der Waals surface area contributed by atoms with E-state index in [1.54, 1.807) is 40.1 Å². The van der Waals surface area contributed by atoms with Gasteiger partial charge in [-0.1, -0.05) is 61.4 Å². The molecule has 121 heavy (non-hydrogen) atoms. The first-order valence-corrected chi connectivity index (χ1v) is 40.6. The van der Waals surface area contributed by atoms with E-state index in [-0.39, 0.29) is 76.9 Å². The summed E-state index contributed by atoms with van der Waals surface area (Å²) in [6, 6.07) is 20.9. The number of ether oxygens (including phenoxy) is 6. The predicted molar refractivity (Wildman–Crippen MR) is 427 cm³/mol. The number of likely N-dealkylation sites (tertiary alicyclic amines) is 2. The molecule has 10 heterocycles. The number of pyridine rings is 1. The minimum absolute atomic E-state index is 0.0205. The highest BCUT2D eigenvalue weighted by Gasteiger charge is 2.41. The molecule has 0 spiro atoms. The molecule has 5 unspecified atom stereocenters. The second kappa shape index (κ2) is 38.6. The number of nitrogens with zero attached hydrogens (tertiary/aromatic N) is 5. The molecule has 0 radical (unpaired) electrons. The molecule has 2 fully saturated rings. The van der Waals surface area contributed by atoms with Crippen LogP contribution in [-0.2, 0) is 93.3 Å². The predicted octanol–water partition coefficient (Wildman–Crippen LogP) is 0.910. The molecule has 8 aromatic rings. The number of rotatable bonds is 22. The summed E-state index contributed by atoms with van der Waals surface area (Å²) in [5.74, 6) is -8.40. The van der Waals surface area contributed by atoms with Gasteiger partial charge in [0.05, 0.1) is 95.5 Å². The average Bonchev–Trinajstić information content (AvgIpc) is 1.70. The maximum Gasteiger partial charge on any atom is 0.336 e. The van der Waals surface area contributed by atoms with Gasteiger partial charge in [0.1, 0.15) is 53.9 Å². The average molecular weight is 1770 g/mol. The van der Waals surface area contributed by atoms with Gasteiger partial charge in [0.15, 0.2) is 11.5 Å². The third kappa shape index (κ3) is 21.6. The number of carbonyl (C=O) groups excluding carboxylic acids is 9. The van der Waals surface area contributed by atoms with E-state index >= 15 is 0 Å². The van der Waals surface area contributed by atoms with E-state index < -0.39 is 96.7 Å². The van der Waals surface area contributed by atoms with Crippen molar-refractivity contribution >= 4 is 125 Å². The van der Waals surface area contributed by atoms with Gasteiger partial charge in [0.2, 0.25) is 11.8 Å². The van der Waals surface area contributed by atoms with Gasteiger partial charge in [-0.2, -0.15) is 0 Å². The highest BCUT2D eigenvalue weighted by molar-refractivity contribution is 9.10. The Bertz CT molecular complexity index is 5700. The zero-order valence-corrected chi connectivity index (χ0v) is 69.6. The Balaban J connectivity index is 0.000000149. The highest BCUT2D eigenvalue weighted by Crippen LogP contribution is 2.47. The first kappa shape index (κ1) is 89.9. The molecule has 2 saturated heterocycles. The summed E-state index contributed by atoms with van der Waals surface area (Å²) in [6.07, 6.45) is 12.9. The molecule has 7 aliphatic rings. The van der Waals surface area contributed by atoms with Gasteiger partial charge in [-0.3, -0.25) is 28.3 Å². The maximum absolute atomic E-state index is 13.1. The monoisotopic (exact) mass is 1770 g/mol. The molecule has 36 heteroatoms. The topological polar surface area (TPSA) is 485 Å². The molecule has 6 aliphatic heterocycles. The van der Waals surface area contributed by atoms with Gasteiger partial charge in [-0.15, -0.1) is 11.3 Å². The molecule has 33 nitrogen and oxygen atoms in total. The van der Waals surface area contributed by atoms with Crippen LogP contribution in [0.15, 0.2) is 125 Å². The van der Waals surface area contributed by atoms with Gasteiger partial charge in [0.25, 0.3) is 11.1 Å². The fourth-order valence-electron chi connectivity index (χ4n) is 15.9. The van der Waals surface area contributed by atoms with Crippen molar-refractivity contribution in [2.45, 2.75) is 148 Å². The second-order valence-electron chi connectivity index (χ2n) is 30.8. The smallest absolute Gasteiger partial charge is 0.336 e. The van der Waals surface area contributed by atoms with E-state index in [4.69, 9.17) is 44.4 Å². The molecule has 1 aliphatic carbocycles. The summed E-state index contributed by atoms with van der Waals surface area (Å²) in [7, 11) is 1.37. The standard InChI is InChI=1S/C21H21ClN2O5.C19H23N3O6S.C19H22O6.C14H13NO4.C12H11BrO6/c22-16-3-1-14(2-4-16)17-5-6-18(25)24-9-13-7-15(21(17)24)10-23(8-13)19(26)11-29-12-20(27)28;1-19(2)7-11-12(10-28-19)29-17-15(11)16(26)21(9-14(24)25)18(27)22(17)8-13(23)20-5-3-4-6-20;1-4-5-11-8-16(22)24-18-12-6-7-19(2,3)25-13(12)9-14(17(11)18)23-10-15(20)21;16-13(17)7-4-5-11-10(6-7)8-2-1-3-9(8)12(15-11)14(18)19;1-18-9-5-7(2-3-10(14)15)4-8(13)12(9)19-6-11(16)17/h1-6,13,15H,7-12H2,(H,27,28);3-10H2,1-2H3,(H,24,25);8-9H,4-7,10H2,1-3H3,(H,20,21);1-2,4-6,8-9,12,15H,3H2,(H,16,17)(H,18,19);2-5H,6H2,1H3,(H,14,15)(H,16,17)/p-7/b;;;;3-2+. The van der Waals surface area contributed by atoms with Crippen LogP contribution in [0.3, 0.4) is 0 Å². The van der Waals surface area contributed by atoms with Crippen LogP contribution in [0.4, 0.5) is 5.69 Å². The lowest BCUT2D eigenvalue weighted by Gasteiger charge is -2.43. The van der Waals surface area contributed by atoms with E-state index in [1.807, 2.05) is 81.7 Å². The first-order valence-electron chi connectivity index (χ1n) is 38.6. The number of carboxylic acids is 7. The van der Waals surface area contributed by atoms with E-state index in [2.05, 4.69) is 21.2 Å². The summed E-state index contributed by atoms with van der Waals surface area (Å²) < 4.78 is 41.9. The number of fused-ring (bicyclic) bond motifs is 13. The highest BCUT2D eigenvalue weighted by atomic mass is 79.9. The van der Waals surface area contributed by atoms with Crippen LogP contribution < -0.4 is 82.4 Å². The number of hydrogen-bond donors (Lipinski definition) is 1. The van der Waals surface area contributed by atoms with Gasteiger partial charge in [-0.25, -0.2) is 9.59 Å². The fraction of sp³-hybridized carbons (Fsp3) is 0.400. The SMILES string of the molecule is CC1(C)Cc2c(sc3c2c(=O)n(CC(=O)[O-])c(=O)n3CC(=O)N2CCCC2)CO1.CCCc1cc(=O)oc2c3c(cc(OCC(=O)[O-])c12)OC(C)(C)CC3.COc1cc(/C=C/C(=O)[O-])cc(Br)c1OCC(=O)[O-].O=C([O-])COCC(=O)N1CC2CC(C1)c1c(-c3ccc(Cl)cc3)ccc(=O)n1C2.O=C([O-])c1ccc2c(c1)C1C=CCC1C(C(=O)[O-])N2. The van der Waals surface area contributed by atoms with Crippen molar-refractivity contribution in [3.63, 3.8) is 0 Å². The van der Waals surface area contributed by atoms with E-state index in [1.165, 1.54) is 47.3 Å². The number of methoxy groups -OCH3 is 1. The number of amides is 2. The summed E-state index contributed by atoms with van der Waals surface area (Å²) in [6.45, 7) is 9.72. The first-order chi connectivity index (χ1) is 57.4. The van der Waals surface area contributed by atoms with Crippen LogP contribution in [0.2, 0.25) is 5.02 Å². The Labute approximate surface area is 707 Å². The Morgan fingerprint density at radius 2 is 1.45 bits per heavy atom. The lowest BCUT2D eigenvalue weighted by Crippen LogP contribution is -2.50. The number of anilines is 1. The zero-order valence-electron chi connectivity index (χ0n) is 66.5. The molecule has 1 N–H and O–H groups in total. The number of nitrogens with one attached hydrogen (secondary N) is 1. The van der Waals surface area contributed by atoms with Gasteiger partial charge in [-0.05, 0) is 182 Å². The van der Waals surface area contributed by atoms with Crippen molar-refractivity contribution < 1.29 is 112 Å². The molecular weight excluding hydrogens is 1680 g/mol. The molecule has 2 bridgehead atoms. The number of aryl methyl sites for hydroxylation is 2. The van der Waals surface area contributed by atoms with Crippen molar-refractivity contribution in [3.8, 4) is 34.1 Å². The summed E-state index contributed by atoms with van der Waals surface area (Å²) in [5.41, 5.74) is 4.97. The number of aliphatic carboxylic acids is 6. The Kier molecular flexibility index (Phi) is 28.7. The van der Waals surface area contributed by atoms with E-state index in [0.717, 1.165) is 82.1 Å². The van der Waals surface area contributed by atoms with Crippen molar-refractivity contribution in [2.24, 2.45) is 11.8 Å². The van der Waals surface area contributed by atoms with Gasteiger partial charge < -0.3 is 122 Å². The molecule has 642 valence electrons. The van der Waals surface area contributed by atoms with Crippen LogP contribution >= 0.6 is 38.9 Å². The summed E-state index contributed by atoms with van der Waals surface area (Å²) >= 11 is 10.5. The number of allylic oxidation sites excluding steroid dienone is 2. The fourth-order valence-corrected chi connectivity index (χ4v) is 17.8. The Hall–Kier alpha value is -11.9. The van der Waals surface area contributed by atoms with Crippen molar-refractivity contribution in [2.75, 3.05) is 65.0 Å². The summed E-state index contributed by atoms with van der Waals surface area (Å²) in [4.78, 5) is 156. The van der Waals surface area contributed by atoms with Crippen LogP contribution in [0.25, 0.3) is 38.4 Å². The van der Waals surface area contributed by atoms with Gasteiger partial charge >= 0.3 is 11.3 Å². The number of carbonyl (C=O) groups is 9. The Morgan fingerprint density at radius 3 is 2.11 bits per heavy atom. The number of hydrogen-bond acceptors (Lipinski definition) is 29. The summed E-state index contributed by atoms with van der Waals surface area (Å²) in [5, 5.41) is 79.7. The number of aromatic carboxylic acids is 1. The molecule has 5 atom stereocenters. The number of aromatic nitrogens is 3. The molecule has 4 aromatic heterocycles. The quantitative estimate of drug-likeness (QED) is 0.0560. The molecule has 15 rings (SSSR count). The van der Waals surface area contributed by atoms with Gasteiger partial charge in [0, 0.05) is 102 Å². The van der Waals surface area contributed by atoms with Crippen LogP contribution in [0.5, 0.6) is 23.0 Å². The lowest BCUT2D eigenvalue weighted by atomic mass is 9.79. The van der Waals surface area contributed by atoms with Crippen LogP contribution in [0, 0.1) is 11.8 Å². The van der Waals surface area contributed by atoms with Crippen molar-refractivity contribution in [1.29, 1.82) is 0 Å². The normalized spacial score (nSPS) is 18.3. The third-order valence-electron chi connectivity index (χ3n) is 21.2. The molecular formula is C85H83BrClN6O27S-7. The number of benzene rings is 4.